The van der Waals surface area contributed by atoms with E-state index in [-0.39, 0.29) is 5.41 Å². The van der Waals surface area contributed by atoms with Gasteiger partial charge in [-0.15, -0.1) is 0 Å². The molecule has 0 N–H and O–H groups in total. The molecular weight excluding hydrogens is 444 g/mol. The molecule has 6 heteroatoms. The average Bonchev–Trinajstić information content (AvgIpc) is 3.65. The van der Waals surface area contributed by atoms with Gasteiger partial charge in [0.15, 0.2) is 0 Å². The van der Waals surface area contributed by atoms with Gasteiger partial charge in [-0.05, 0) is 53.8 Å². The molecule has 2 aliphatic heterocycles. The zero-order chi connectivity index (χ0) is 23.0. The molecule has 1 aromatic heterocycles. The van der Waals surface area contributed by atoms with E-state index in [0.717, 1.165) is 57.3 Å². The van der Waals surface area contributed by atoms with Crippen LogP contribution < -0.4 is 9.80 Å². The van der Waals surface area contributed by atoms with Crippen LogP contribution >= 0.6 is 11.6 Å². The highest BCUT2D eigenvalue weighted by atomic mass is 35.5. The maximum absolute atomic E-state index is 6.32. The predicted molar refractivity (Wildman–Crippen MR) is 138 cm³/mol. The molecule has 6 rings (SSSR count). The quantitative estimate of drug-likeness (QED) is 0.531. The number of pyridine rings is 1. The van der Waals surface area contributed by atoms with Crippen LogP contribution in [0.5, 0.6) is 0 Å². The fraction of sp³-hybridized carbons (Fsp3) is 0.393. The highest BCUT2D eigenvalue weighted by Gasteiger charge is 2.58. The molecule has 0 radical (unpaired) electrons. The van der Waals surface area contributed by atoms with Crippen LogP contribution in [0.15, 0.2) is 73.1 Å². The smallest absolute Gasteiger partial charge is 0.119 e. The molecule has 2 unspecified atom stereocenters. The first-order valence-electron chi connectivity index (χ1n) is 12.3. The van der Waals surface area contributed by atoms with Crippen molar-refractivity contribution in [2.75, 3.05) is 62.4 Å². The number of para-hydroxylation sites is 1. The van der Waals surface area contributed by atoms with Gasteiger partial charge in [0.2, 0.25) is 0 Å². The Hall–Kier alpha value is -2.60. The average molecular weight is 475 g/mol. The lowest BCUT2D eigenvalue weighted by Crippen LogP contribution is -2.48. The van der Waals surface area contributed by atoms with E-state index in [1.807, 2.05) is 24.5 Å². The first-order valence-corrected chi connectivity index (χ1v) is 12.7. The molecule has 5 nitrogen and oxygen atoms in total. The van der Waals surface area contributed by atoms with Crippen molar-refractivity contribution in [3.8, 4) is 0 Å². The molecule has 3 heterocycles. The van der Waals surface area contributed by atoms with Crippen LogP contribution in [-0.4, -0.2) is 62.5 Å². The Kier molecular flexibility index (Phi) is 5.94. The summed E-state index contributed by atoms with van der Waals surface area (Å²) in [6, 6.07) is 21.5. The van der Waals surface area contributed by atoms with E-state index in [1.165, 1.54) is 22.5 Å². The van der Waals surface area contributed by atoms with Crippen molar-refractivity contribution in [1.82, 2.24) is 9.88 Å². The minimum absolute atomic E-state index is 0.0787. The van der Waals surface area contributed by atoms with Crippen molar-refractivity contribution >= 4 is 23.0 Å². The van der Waals surface area contributed by atoms with E-state index in [9.17, 15) is 0 Å². The molecule has 1 saturated heterocycles. The Labute approximate surface area is 206 Å². The largest absolute Gasteiger partial charge is 0.369 e. The van der Waals surface area contributed by atoms with Gasteiger partial charge in [-0.2, -0.15) is 0 Å². The van der Waals surface area contributed by atoms with Crippen molar-refractivity contribution < 1.29 is 4.74 Å². The van der Waals surface area contributed by atoms with Crippen molar-refractivity contribution in [1.29, 1.82) is 0 Å². The standard InChI is InChI=1S/C28H31ClN4O/c29-23-7-5-22(6-8-23)26-19-28(26)20-34-21-33(27-4-2-1-3-25(27)28)18-15-31-13-16-32(17-14-31)24-9-11-30-12-10-24/h1-12,26H,13-21H2. The van der Waals surface area contributed by atoms with E-state index in [4.69, 9.17) is 16.3 Å². The molecule has 0 bridgehead atoms. The lowest BCUT2D eigenvalue weighted by atomic mass is 9.90. The number of halogens is 1. The van der Waals surface area contributed by atoms with Crippen molar-refractivity contribution in [3.63, 3.8) is 0 Å². The Morgan fingerprint density at radius 2 is 1.68 bits per heavy atom. The number of anilines is 2. The Morgan fingerprint density at radius 3 is 2.47 bits per heavy atom. The molecule has 0 amide bonds. The third-order valence-electron chi connectivity index (χ3n) is 7.82. The van der Waals surface area contributed by atoms with Crippen molar-refractivity contribution in [3.05, 3.63) is 89.2 Å². The molecule has 3 aliphatic rings. The van der Waals surface area contributed by atoms with E-state index in [0.29, 0.717) is 12.6 Å². The second-order valence-electron chi connectivity index (χ2n) is 9.76. The van der Waals surface area contributed by atoms with Gasteiger partial charge < -0.3 is 14.5 Å². The SMILES string of the molecule is Clc1ccc(C2CC23COCN(CCN2CCN(c4ccncc4)CC2)c2ccccc23)cc1. The fourth-order valence-electron chi connectivity index (χ4n) is 5.78. The van der Waals surface area contributed by atoms with E-state index in [2.05, 4.69) is 68.2 Å². The minimum Gasteiger partial charge on any atom is -0.369 e. The summed E-state index contributed by atoms with van der Waals surface area (Å²) < 4.78 is 6.32. The summed E-state index contributed by atoms with van der Waals surface area (Å²) in [6.07, 6.45) is 4.89. The normalized spacial score (nSPS) is 24.7. The number of hydrogen-bond donors (Lipinski definition) is 0. The van der Waals surface area contributed by atoms with Gasteiger partial charge in [-0.3, -0.25) is 9.88 Å². The van der Waals surface area contributed by atoms with Crippen LogP contribution in [0.3, 0.4) is 0 Å². The van der Waals surface area contributed by atoms with Crippen LogP contribution in [0.25, 0.3) is 0 Å². The van der Waals surface area contributed by atoms with Crippen LogP contribution in [-0.2, 0) is 10.2 Å². The second kappa shape index (κ2) is 9.21. The fourth-order valence-corrected chi connectivity index (χ4v) is 5.91. The molecule has 176 valence electrons. The topological polar surface area (TPSA) is 31.8 Å². The lowest BCUT2D eigenvalue weighted by Gasteiger charge is -2.37. The number of rotatable bonds is 5. The molecule has 1 aliphatic carbocycles. The Bertz CT molecular complexity index is 1120. The third-order valence-corrected chi connectivity index (χ3v) is 8.07. The van der Waals surface area contributed by atoms with Crippen LogP contribution in [0, 0.1) is 0 Å². The second-order valence-corrected chi connectivity index (χ2v) is 10.2. The van der Waals surface area contributed by atoms with Gasteiger partial charge in [0.05, 0.1) is 6.61 Å². The monoisotopic (exact) mass is 474 g/mol. The van der Waals surface area contributed by atoms with E-state index < -0.39 is 0 Å². The molecule has 1 saturated carbocycles. The summed E-state index contributed by atoms with van der Waals surface area (Å²) in [6.45, 7) is 7.75. The highest BCUT2D eigenvalue weighted by molar-refractivity contribution is 6.30. The molecule has 2 aromatic carbocycles. The first-order chi connectivity index (χ1) is 16.7. The first kappa shape index (κ1) is 21.9. The third kappa shape index (κ3) is 4.17. The summed E-state index contributed by atoms with van der Waals surface area (Å²) in [7, 11) is 0. The molecule has 2 atom stereocenters. The maximum Gasteiger partial charge on any atom is 0.119 e. The molecule has 1 spiro atoms. The molecular formula is C28H31ClN4O. The number of hydrogen-bond acceptors (Lipinski definition) is 5. The highest BCUT2D eigenvalue weighted by Crippen LogP contribution is 2.63. The van der Waals surface area contributed by atoms with Crippen LogP contribution in [0.2, 0.25) is 5.02 Å². The number of piperazine rings is 1. The summed E-state index contributed by atoms with van der Waals surface area (Å²) in [5.74, 6) is 0.493. The lowest BCUT2D eigenvalue weighted by molar-refractivity contribution is 0.117. The Morgan fingerprint density at radius 1 is 0.912 bits per heavy atom. The van der Waals surface area contributed by atoms with Gasteiger partial charge in [0.25, 0.3) is 0 Å². The number of nitrogens with zero attached hydrogens (tertiary/aromatic N) is 4. The zero-order valence-corrected chi connectivity index (χ0v) is 20.2. The Balaban J connectivity index is 1.13. The number of aromatic nitrogens is 1. The zero-order valence-electron chi connectivity index (χ0n) is 19.4. The summed E-state index contributed by atoms with van der Waals surface area (Å²) in [5.41, 5.74) is 5.50. The van der Waals surface area contributed by atoms with Gasteiger partial charge in [-0.25, -0.2) is 0 Å². The summed E-state index contributed by atoms with van der Waals surface area (Å²) >= 11 is 6.14. The number of fused-ring (bicyclic) bond motifs is 2. The minimum atomic E-state index is 0.0787. The van der Waals surface area contributed by atoms with Gasteiger partial charge in [-0.1, -0.05) is 41.9 Å². The summed E-state index contributed by atoms with van der Waals surface area (Å²) in [5, 5.41) is 0.795. The number of ether oxygens (including phenoxy) is 1. The van der Waals surface area contributed by atoms with Crippen LogP contribution in [0.1, 0.15) is 23.5 Å². The van der Waals surface area contributed by atoms with Crippen LogP contribution in [0.4, 0.5) is 11.4 Å². The summed E-state index contributed by atoms with van der Waals surface area (Å²) in [4.78, 5) is 11.6. The van der Waals surface area contributed by atoms with Gasteiger partial charge in [0, 0.05) is 73.5 Å². The number of benzene rings is 2. The predicted octanol–water partition coefficient (Wildman–Crippen LogP) is 4.78. The van der Waals surface area contributed by atoms with Crippen molar-refractivity contribution in [2.45, 2.75) is 17.8 Å². The van der Waals surface area contributed by atoms with Gasteiger partial charge in [0.1, 0.15) is 6.73 Å². The molecule has 2 fully saturated rings. The van der Waals surface area contributed by atoms with Crippen molar-refractivity contribution in [2.24, 2.45) is 0 Å². The maximum atomic E-state index is 6.32. The van der Waals surface area contributed by atoms with E-state index in [1.54, 1.807) is 0 Å². The molecule has 34 heavy (non-hydrogen) atoms. The molecule has 3 aromatic rings. The van der Waals surface area contributed by atoms with E-state index >= 15 is 0 Å². The van der Waals surface area contributed by atoms with Gasteiger partial charge >= 0.3 is 0 Å².